The minimum atomic E-state index is -0.256. The lowest BCUT2D eigenvalue weighted by Crippen LogP contribution is -2.33. The van der Waals surface area contributed by atoms with Gasteiger partial charge in [0.25, 0.3) is 0 Å². The molecule has 3 aromatic rings. The zero-order valence-electron chi connectivity index (χ0n) is 14.0. The summed E-state index contributed by atoms with van der Waals surface area (Å²) in [5.41, 5.74) is 4.49. The summed E-state index contributed by atoms with van der Waals surface area (Å²) >= 11 is 6.06. The Morgan fingerprint density at radius 1 is 0.885 bits per heavy atom. The third-order valence-corrected chi connectivity index (χ3v) is 5.21. The number of hydrazone groups is 1. The van der Waals surface area contributed by atoms with Gasteiger partial charge in [-0.15, -0.1) is 0 Å². The summed E-state index contributed by atoms with van der Waals surface area (Å²) in [6.07, 6.45) is 0.613. The molecule has 0 saturated carbocycles. The van der Waals surface area contributed by atoms with Crippen LogP contribution < -0.4 is 4.74 Å². The van der Waals surface area contributed by atoms with Gasteiger partial charge >= 0.3 is 0 Å². The highest BCUT2D eigenvalue weighted by Crippen LogP contribution is 2.47. The highest BCUT2D eigenvalue weighted by molar-refractivity contribution is 6.30. The molecule has 0 saturated heterocycles. The van der Waals surface area contributed by atoms with Crippen molar-refractivity contribution < 1.29 is 4.74 Å². The molecule has 2 heterocycles. The zero-order valence-corrected chi connectivity index (χ0v) is 14.8. The molecule has 0 N–H and O–H groups in total. The van der Waals surface area contributed by atoms with Crippen LogP contribution in [0.25, 0.3) is 0 Å². The fraction of sp³-hybridized carbons (Fsp3) is 0.136. The maximum absolute atomic E-state index is 6.33. The number of rotatable bonds is 2. The van der Waals surface area contributed by atoms with Gasteiger partial charge in [-0.05, 0) is 23.8 Å². The molecular formula is C22H17ClN2O. The van der Waals surface area contributed by atoms with E-state index in [1.54, 1.807) is 0 Å². The van der Waals surface area contributed by atoms with E-state index in [4.69, 9.17) is 21.4 Å². The Kier molecular flexibility index (Phi) is 3.68. The van der Waals surface area contributed by atoms with Gasteiger partial charge in [0.15, 0.2) is 0 Å². The maximum atomic E-state index is 6.33. The van der Waals surface area contributed by atoms with Gasteiger partial charge in [0.05, 0.1) is 11.8 Å². The van der Waals surface area contributed by atoms with E-state index in [1.807, 2.05) is 42.5 Å². The Balaban J connectivity index is 1.60. The van der Waals surface area contributed by atoms with Gasteiger partial charge in [-0.3, -0.25) is 0 Å². The van der Waals surface area contributed by atoms with E-state index in [1.165, 1.54) is 5.56 Å². The van der Waals surface area contributed by atoms with Crippen molar-refractivity contribution in [3.63, 3.8) is 0 Å². The number of fused-ring (bicyclic) bond motifs is 3. The first kappa shape index (κ1) is 15.5. The standard InChI is InChI=1S/C22H17ClN2O/c23-17-12-10-16(11-13-17)22-25-20(18-8-4-5-9-21(18)26-22)14-19(24-25)15-6-2-1-3-7-15/h1-13,20,22H,14H2/t20-,22+/m0/s1. The van der Waals surface area contributed by atoms with E-state index in [0.717, 1.165) is 34.0 Å². The van der Waals surface area contributed by atoms with Gasteiger partial charge < -0.3 is 4.74 Å². The van der Waals surface area contributed by atoms with Gasteiger partial charge in [0.1, 0.15) is 5.75 Å². The number of para-hydroxylation sites is 1. The van der Waals surface area contributed by atoms with Crippen LogP contribution in [0, 0.1) is 0 Å². The molecule has 0 bridgehead atoms. The van der Waals surface area contributed by atoms with Crippen molar-refractivity contribution in [3.05, 3.63) is 101 Å². The predicted molar refractivity (Wildman–Crippen MR) is 103 cm³/mol. The zero-order chi connectivity index (χ0) is 17.5. The summed E-state index contributed by atoms with van der Waals surface area (Å²) in [7, 11) is 0. The van der Waals surface area contributed by atoms with Crippen LogP contribution >= 0.6 is 11.6 Å². The van der Waals surface area contributed by atoms with Crippen molar-refractivity contribution >= 4 is 17.3 Å². The highest BCUT2D eigenvalue weighted by Gasteiger charge is 2.40. The van der Waals surface area contributed by atoms with Crippen molar-refractivity contribution in [2.75, 3.05) is 0 Å². The van der Waals surface area contributed by atoms with Crippen molar-refractivity contribution in [2.45, 2.75) is 18.7 Å². The normalized spacial score (nSPS) is 20.8. The van der Waals surface area contributed by atoms with Crippen LogP contribution in [-0.2, 0) is 0 Å². The third kappa shape index (κ3) is 2.56. The second-order valence-electron chi connectivity index (χ2n) is 6.57. The Hall–Kier alpha value is -2.78. The number of hydrogen-bond donors (Lipinski definition) is 0. The number of benzene rings is 3. The summed E-state index contributed by atoms with van der Waals surface area (Å²) in [5, 5.41) is 7.76. The third-order valence-electron chi connectivity index (χ3n) is 4.96. The molecule has 0 unspecified atom stereocenters. The summed E-state index contributed by atoms with van der Waals surface area (Å²) in [5.74, 6) is 0.929. The Labute approximate surface area is 157 Å². The molecule has 0 spiro atoms. The topological polar surface area (TPSA) is 24.8 Å². The van der Waals surface area contributed by atoms with Gasteiger partial charge in [0.2, 0.25) is 6.23 Å². The van der Waals surface area contributed by atoms with E-state index in [2.05, 4.69) is 41.4 Å². The lowest BCUT2D eigenvalue weighted by atomic mass is 9.96. The molecule has 5 rings (SSSR count). The first-order chi connectivity index (χ1) is 12.8. The molecule has 0 aromatic heterocycles. The van der Waals surface area contributed by atoms with Crippen LogP contribution in [0.1, 0.15) is 35.4 Å². The monoisotopic (exact) mass is 360 g/mol. The van der Waals surface area contributed by atoms with Crippen LogP contribution in [0.5, 0.6) is 5.75 Å². The van der Waals surface area contributed by atoms with Gasteiger partial charge in [-0.1, -0.05) is 72.3 Å². The molecule has 0 amide bonds. The van der Waals surface area contributed by atoms with Crippen LogP contribution in [0.2, 0.25) is 5.02 Å². The Bertz CT molecular complexity index is 969. The molecule has 26 heavy (non-hydrogen) atoms. The number of ether oxygens (including phenoxy) is 1. The summed E-state index contributed by atoms with van der Waals surface area (Å²) < 4.78 is 6.33. The Morgan fingerprint density at radius 2 is 1.62 bits per heavy atom. The molecule has 0 aliphatic carbocycles. The fourth-order valence-corrected chi connectivity index (χ4v) is 3.81. The van der Waals surface area contributed by atoms with E-state index in [0.29, 0.717) is 0 Å². The van der Waals surface area contributed by atoms with Crippen LogP contribution in [0.3, 0.4) is 0 Å². The van der Waals surface area contributed by atoms with Crippen molar-refractivity contribution in [2.24, 2.45) is 5.10 Å². The van der Waals surface area contributed by atoms with Gasteiger partial charge in [0, 0.05) is 22.6 Å². The smallest absolute Gasteiger partial charge is 0.213 e. The largest absolute Gasteiger partial charge is 0.464 e. The molecule has 3 nitrogen and oxygen atoms in total. The molecule has 0 radical (unpaired) electrons. The van der Waals surface area contributed by atoms with Crippen molar-refractivity contribution in [1.82, 2.24) is 5.01 Å². The SMILES string of the molecule is Clc1ccc([C@H]2Oc3ccccc3[C@@H]3CC(c4ccccc4)=NN23)cc1. The fourth-order valence-electron chi connectivity index (χ4n) is 3.69. The van der Waals surface area contributed by atoms with Gasteiger partial charge in [-0.2, -0.15) is 5.10 Å². The summed E-state index contributed by atoms with van der Waals surface area (Å²) in [6.45, 7) is 0. The average molecular weight is 361 g/mol. The minimum Gasteiger partial charge on any atom is -0.464 e. The Morgan fingerprint density at radius 3 is 2.42 bits per heavy atom. The van der Waals surface area contributed by atoms with E-state index in [-0.39, 0.29) is 12.3 Å². The van der Waals surface area contributed by atoms with E-state index < -0.39 is 0 Å². The maximum Gasteiger partial charge on any atom is 0.213 e. The molecule has 2 aliphatic rings. The molecular weight excluding hydrogens is 344 g/mol. The second-order valence-corrected chi connectivity index (χ2v) is 7.01. The lowest BCUT2D eigenvalue weighted by Gasteiger charge is -2.38. The van der Waals surface area contributed by atoms with Gasteiger partial charge in [-0.25, -0.2) is 5.01 Å². The summed E-state index contributed by atoms with van der Waals surface area (Å²) in [6, 6.07) is 26.6. The average Bonchev–Trinajstić information content (AvgIpc) is 3.14. The molecule has 2 atom stereocenters. The van der Waals surface area contributed by atoms with Crippen LogP contribution in [0.4, 0.5) is 0 Å². The molecule has 128 valence electrons. The molecule has 2 aliphatic heterocycles. The number of nitrogens with zero attached hydrogens (tertiary/aromatic N) is 2. The quantitative estimate of drug-likeness (QED) is 0.595. The molecule has 4 heteroatoms. The van der Waals surface area contributed by atoms with Crippen LogP contribution in [0.15, 0.2) is 84.0 Å². The lowest BCUT2D eigenvalue weighted by molar-refractivity contribution is -0.0190. The van der Waals surface area contributed by atoms with E-state index >= 15 is 0 Å². The summed E-state index contributed by atoms with van der Waals surface area (Å²) in [4.78, 5) is 0. The number of hydrogen-bond acceptors (Lipinski definition) is 3. The van der Waals surface area contributed by atoms with E-state index in [9.17, 15) is 0 Å². The second kappa shape index (κ2) is 6.19. The van der Waals surface area contributed by atoms with Crippen LogP contribution in [-0.4, -0.2) is 10.7 Å². The van der Waals surface area contributed by atoms with Crippen molar-refractivity contribution in [1.29, 1.82) is 0 Å². The molecule has 0 fully saturated rings. The van der Waals surface area contributed by atoms with Crippen molar-refractivity contribution in [3.8, 4) is 5.75 Å². The minimum absolute atomic E-state index is 0.177. The first-order valence-electron chi connectivity index (χ1n) is 8.72. The number of halogens is 1. The highest BCUT2D eigenvalue weighted by atomic mass is 35.5. The molecule has 3 aromatic carbocycles. The predicted octanol–water partition coefficient (Wildman–Crippen LogP) is 5.58. The first-order valence-corrected chi connectivity index (χ1v) is 9.10.